The summed E-state index contributed by atoms with van der Waals surface area (Å²) in [5.74, 6) is -0.892. The fraction of sp³-hybridized carbons (Fsp3) is 0.300. The van der Waals surface area contributed by atoms with E-state index in [-0.39, 0.29) is 9.89 Å². The molecule has 0 saturated carbocycles. The van der Waals surface area contributed by atoms with Crippen LogP contribution < -0.4 is 0 Å². The van der Waals surface area contributed by atoms with Crippen molar-refractivity contribution < 1.29 is 19.1 Å². The van der Waals surface area contributed by atoms with Gasteiger partial charge in [0.15, 0.2) is 6.23 Å². The molecule has 1 fully saturated rings. The summed E-state index contributed by atoms with van der Waals surface area (Å²) < 4.78 is 10.6. The number of carbonyl (C=O) groups is 2. The quantitative estimate of drug-likeness (QED) is 0.361. The van der Waals surface area contributed by atoms with Crippen molar-refractivity contribution in [3.63, 3.8) is 0 Å². The van der Waals surface area contributed by atoms with E-state index >= 15 is 0 Å². The first kappa shape index (κ1) is 17.3. The maximum Gasteiger partial charge on any atom is 0.412 e. The van der Waals surface area contributed by atoms with Crippen LogP contribution in [0.2, 0.25) is 0 Å². The van der Waals surface area contributed by atoms with Gasteiger partial charge in [-0.15, -0.1) is 0 Å². The van der Waals surface area contributed by atoms with E-state index in [0.29, 0.717) is 0 Å². The Morgan fingerprint density at radius 2 is 1.77 bits per heavy atom. The number of nitrogens with zero attached hydrogens (tertiary/aromatic N) is 1. The van der Waals surface area contributed by atoms with E-state index in [2.05, 4.69) is 22.6 Å². The molecule has 6 heteroatoms. The monoisotopic (exact) mass is 463 g/mol. The highest BCUT2D eigenvalue weighted by atomic mass is 127. The molecule has 2 bridgehead atoms. The van der Waals surface area contributed by atoms with Gasteiger partial charge in [0.25, 0.3) is 0 Å². The number of alkyl halides is 1. The van der Waals surface area contributed by atoms with Crippen LogP contribution >= 0.6 is 22.6 Å². The van der Waals surface area contributed by atoms with Crippen LogP contribution in [0.25, 0.3) is 0 Å². The second kappa shape index (κ2) is 6.57. The molecule has 2 aromatic rings. The molecule has 26 heavy (non-hydrogen) atoms. The van der Waals surface area contributed by atoms with Gasteiger partial charge in [-0.25, -0.2) is 4.79 Å². The van der Waals surface area contributed by atoms with Crippen LogP contribution in [0.15, 0.2) is 48.5 Å². The molecule has 0 aliphatic carbocycles. The lowest BCUT2D eigenvalue weighted by Crippen LogP contribution is -2.57. The van der Waals surface area contributed by atoms with Crippen LogP contribution in [0.5, 0.6) is 0 Å². The predicted molar refractivity (Wildman–Crippen MR) is 104 cm³/mol. The predicted octanol–water partition coefficient (Wildman–Crippen LogP) is 4.26. The molecular formula is C20H18INO4. The topological polar surface area (TPSA) is 55.8 Å². The number of halogens is 1. The molecule has 2 aliphatic heterocycles. The molecule has 2 heterocycles. The summed E-state index contributed by atoms with van der Waals surface area (Å²) >= 11 is 2.23. The van der Waals surface area contributed by atoms with Gasteiger partial charge in [-0.1, -0.05) is 76.7 Å². The number of ether oxygens (including phenoxy) is 2. The van der Waals surface area contributed by atoms with Gasteiger partial charge in [-0.2, -0.15) is 0 Å². The first-order chi connectivity index (χ1) is 12.5. The van der Waals surface area contributed by atoms with Crippen molar-refractivity contribution in [1.29, 1.82) is 0 Å². The van der Waals surface area contributed by atoms with Crippen molar-refractivity contribution in [2.24, 2.45) is 0 Å². The van der Waals surface area contributed by atoms with E-state index in [1.807, 2.05) is 55.5 Å². The maximum absolute atomic E-state index is 12.9. The van der Waals surface area contributed by atoms with E-state index in [0.717, 1.165) is 22.3 Å². The molecule has 4 rings (SSSR count). The number of methoxy groups -OCH3 is 1. The Morgan fingerprint density at radius 1 is 1.12 bits per heavy atom. The zero-order valence-corrected chi connectivity index (χ0v) is 16.5. The van der Waals surface area contributed by atoms with E-state index < -0.39 is 24.3 Å². The van der Waals surface area contributed by atoms with Crippen molar-refractivity contribution in [3.05, 3.63) is 70.8 Å². The largest absolute Gasteiger partial charge is 0.453 e. The minimum absolute atomic E-state index is 0.151. The SMILES string of the molecule is COC(=O)N1[C@H]2OC(=O)[C@@H](c3ccc(C)cc3)[C@@H]1c1ccccc1[C@@H]2I. The van der Waals surface area contributed by atoms with Crippen molar-refractivity contribution >= 4 is 34.7 Å². The van der Waals surface area contributed by atoms with Crippen molar-refractivity contribution in [3.8, 4) is 0 Å². The van der Waals surface area contributed by atoms with Crippen LogP contribution in [0, 0.1) is 6.92 Å². The van der Waals surface area contributed by atoms with Gasteiger partial charge in [0.05, 0.1) is 17.1 Å². The lowest BCUT2D eigenvalue weighted by atomic mass is 9.79. The van der Waals surface area contributed by atoms with Gasteiger partial charge in [0, 0.05) is 0 Å². The molecule has 134 valence electrons. The smallest absolute Gasteiger partial charge is 0.412 e. The van der Waals surface area contributed by atoms with Crippen LogP contribution in [-0.2, 0) is 14.3 Å². The van der Waals surface area contributed by atoms with Gasteiger partial charge < -0.3 is 9.47 Å². The van der Waals surface area contributed by atoms with Crippen molar-refractivity contribution in [2.75, 3.05) is 7.11 Å². The first-order valence-corrected chi connectivity index (χ1v) is 9.63. The van der Waals surface area contributed by atoms with Gasteiger partial charge in [0.1, 0.15) is 5.92 Å². The Morgan fingerprint density at radius 3 is 2.42 bits per heavy atom. The van der Waals surface area contributed by atoms with Crippen LogP contribution in [0.4, 0.5) is 4.79 Å². The molecule has 0 unspecified atom stereocenters. The molecule has 0 spiro atoms. The van der Waals surface area contributed by atoms with Crippen LogP contribution in [0.1, 0.15) is 38.1 Å². The fourth-order valence-corrected chi connectivity index (χ4v) is 4.89. The van der Waals surface area contributed by atoms with Crippen LogP contribution in [0.3, 0.4) is 0 Å². The van der Waals surface area contributed by atoms with Crippen molar-refractivity contribution in [2.45, 2.75) is 29.0 Å². The Hall–Kier alpha value is -2.09. The fourth-order valence-electron chi connectivity index (χ4n) is 3.83. The number of amides is 1. The van der Waals surface area contributed by atoms with E-state index in [9.17, 15) is 9.59 Å². The molecule has 0 aromatic heterocycles. The number of fused-ring (bicyclic) bond motifs is 4. The molecule has 0 radical (unpaired) electrons. The molecule has 0 N–H and O–H groups in total. The third-order valence-electron chi connectivity index (χ3n) is 5.06. The Balaban J connectivity index is 1.91. The lowest BCUT2D eigenvalue weighted by Gasteiger charge is -2.50. The Labute approximate surface area is 165 Å². The maximum atomic E-state index is 12.9. The number of hydrogen-bond donors (Lipinski definition) is 0. The number of esters is 1. The highest BCUT2D eigenvalue weighted by Gasteiger charge is 2.54. The molecule has 2 aromatic carbocycles. The number of aryl methyl sites for hydroxylation is 1. The summed E-state index contributed by atoms with van der Waals surface area (Å²) in [6.07, 6.45) is -1.15. The summed E-state index contributed by atoms with van der Waals surface area (Å²) in [5.41, 5.74) is 4.00. The van der Waals surface area contributed by atoms with Gasteiger partial charge in [0.2, 0.25) is 0 Å². The van der Waals surface area contributed by atoms with Gasteiger partial charge >= 0.3 is 12.1 Å². The molecule has 2 aliphatic rings. The number of carbonyl (C=O) groups excluding carboxylic acids is 2. The highest BCUT2D eigenvalue weighted by Crippen LogP contribution is 2.52. The zero-order chi connectivity index (χ0) is 18.4. The average molecular weight is 463 g/mol. The third-order valence-corrected chi connectivity index (χ3v) is 6.35. The third kappa shape index (κ3) is 2.58. The minimum Gasteiger partial charge on any atom is -0.453 e. The lowest BCUT2D eigenvalue weighted by molar-refractivity contribution is -0.178. The molecular weight excluding hydrogens is 445 g/mol. The second-order valence-corrected chi connectivity index (χ2v) is 7.91. The molecule has 1 amide bonds. The van der Waals surface area contributed by atoms with E-state index in [4.69, 9.17) is 9.47 Å². The first-order valence-electron chi connectivity index (χ1n) is 8.39. The standard InChI is InChI=1S/C20H18INO4/c1-11-7-9-12(10-8-11)15-17-14-6-4-3-5-13(14)16(21)18(26-19(15)23)22(17)20(24)25-2/h3-10,15-18H,1-2H3/t15-,16-,17-,18-/m0/s1. The van der Waals surface area contributed by atoms with Gasteiger partial charge in [-0.05, 0) is 23.6 Å². The molecule has 1 saturated heterocycles. The number of benzene rings is 2. The Kier molecular flexibility index (Phi) is 4.38. The summed E-state index contributed by atoms with van der Waals surface area (Å²) in [7, 11) is 1.35. The summed E-state index contributed by atoms with van der Waals surface area (Å²) in [6.45, 7) is 2.00. The summed E-state index contributed by atoms with van der Waals surface area (Å²) in [4.78, 5) is 27.1. The minimum atomic E-state index is -0.669. The zero-order valence-electron chi connectivity index (χ0n) is 14.4. The second-order valence-electron chi connectivity index (χ2n) is 6.57. The van der Waals surface area contributed by atoms with E-state index in [1.165, 1.54) is 7.11 Å². The average Bonchev–Trinajstić information content (AvgIpc) is 2.66. The van der Waals surface area contributed by atoms with Crippen molar-refractivity contribution in [1.82, 2.24) is 4.90 Å². The molecule has 5 nitrogen and oxygen atoms in total. The van der Waals surface area contributed by atoms with E-state index in [1.54, 1.807) is 4.90 Å². The normalized spacial score (nSPS) is 26.7. The van der Waals surface area contributed by atoms with Crippen LogP contribution in [-0.4, -0.2) is 30.3 Å². The highest BCUT2D eigenvalue weighted by molar-refractivity contribution is 14.1. The number of hydrogen-bond acceptors (Lipinski definition) is 4. The number of rotatable bonds is 1. The summed E-state index contributed by atoms with van der Waals surface area (Å²) in [6, 6.07) is 15.3. The van der Waals surface area contributed by atoms with Gasteiger partial charge in [-0.3, -0.25) is 9.69 Å². The molecule has 4 atom stereocenters. The Bertz CT molecular complexity index is 866. The summed E-state index contributed by atoms with van der Waals surface area (Å²) in [5, 5.41) is 0.